The number of halogens is 1. The second-order valence-corrected chi connectivity index (χ2v) is 9.18. The molecule has 0 spiro atoms. The Morgan fingerprint density at radius 3 is 2.94 bits per heavy atom. The lowest BCUT2D eigenvalue weighted by molar-refractivity contribution is 0.179. The third-order valence-electron chi connectivity index (χ3n) is 7.03. The minimum absolute atomic E-state index is 0.234. The molecule has 0 saturated carbocycles. The Kier molecular flexibility index (Phi) is 6.78. The fraction of sp³-hybridized carbons (Fsp3) is 0.462. The van der Waals surface area contributed by atoms with Crippen molar-refractivity contribution in [1.29, 1.82) is 0 Å². The highest BCUT2D eigenvalue weighted by molar-refractivity contribution is 5.93. The predicted octanol–water partition coefficient (Wildman–Crippen LogP) is 4.28. The number of fused-ring (bicyclic) bond motifs is 2. The fourth-order valence-corrected chi connectivity index (χ4v) is 5.18. The lowest BCUT2D eigenvalue weighted by Crippen LogP contribution is -2.46. The van der Waals surface area contributed by atoms with Gasteiger partial charge >= 0.3 is 0 Å². The lowest BCUT2D eigenvalue weighted by atomic mass is 9.93. The van der Waals surface area contributed by atoms with Crippen LogP contribution in [-0.2, 0) is 0 Å². The van der Waals surface area contributed by atoms with E-state index < -0.39 is 0 Å². The van der Waals surface area contributed by atoms with E-state index in [9.17, 15) is 4.39 Å². The van der Waals surface area contributed by atoms with Crippen molar-refractivity contribution < 1.29 is 13.9 Å². The Balaban J connectivity index is 1.28. The van der Waals surface area contributed by atoms with E-state index in [1.165, 1.54) is 31.8 Å². The lowest BCUT2D eigenvalue weighted by Gasteiger charge is -2.32. The third-order valence-corrected chi connectivity index (χ3v) is 7.03. The maximum atomic E-state index is 13.7. The highest BCUT2D eigenvalue weighted by Crippen LogP contribution is 2.35. The number of methoxy groups -OCH3 is 1. The summed E-state index contributed by atoms with van der Waals surface area (Å²) in [6, 6.07) is 9.36. The average molecular weight is 466 g/mol. The van der Waals surface area contributed by atoms with Crippen LogP contribution >= 0.6 is 0 Å². The first-order valence-electron chi connectivity index (χ1n) is 12.1. The van der Waals surface area contributed by atoms with Gasteiger partial charge in [0.1, 0.15) is 18.0 Å². The van der Waals surface area contributed by atoms with E-state index in [4.69, 9.17) is 9.47 Å². The zero-order chi connectivity index (χ0) is 23.5. The zero-order valence-electron chi connectivity index (χ0n) is 19.8. The molecule has 2 aromatic carbocycles. The zero-order valence-corrected chi connectivity index (χ0v) is 19.8. The molecule has 3 heterocycles. The van der Waals surface area contributed by atoms with Crippen LogP contribution < -0.4 is 20.1 Å². The van der Waals surface area contributed by atoms with Crippen molar-refractivity contribution >= 4 is 22.4 Å². The molecule has 8 heteroatoms. The third kappa shape index (κ3) is 4.79. The van der Waals surface area contributed by atoms with Crippen molar-refractivity contribution in [3.63, 3.8) is 0 Å². The smallest absolute Gasteiger partial charge is 0.162 e. The number of nitrogens with one attached hydrogen (secondary N) is 2. The van der Waals surface area contributed by atoms with Gasteiger partial charge < -0.3 is 20.1 Å². The molecule has 2 unspecified atom stereocenters. The quantitative estimate of drug-likeness (QED) is 0.481. The summed E-state index contributed by atoms with van der Waals surface area (Å²) in [6.45, 7) is 6.83. The molecule has 2 aliphatic heterocycles. The number of ether oxygens (including phenoxy) is 2. The van der Waals surface area contributed by atoms with E-state index in [2.05, 4.69) is 25.5 Å². The number of rotatable bonds is 8. The summed E-state index contributed by atoms with van der Waals surface area (Å²) in [5, 5.41) is 7.64. The summed E-state index contributed by atoms with van der Waals surface area (Å²) in [5.41, 5.74) is 2.08. The molecule has 2 N–H and O–H groups in total. The number of hydrogen-bond acceptors (Lipinski definition) is 7. The second kappa shape index (κ2) is 10.1. The van der Waals surface area contributed by atoms with E-state index >= 15 is 0 Å². The molecule has 2 saturated heterocycles. The van der Waals surface area contributed by atoms with Gasteiger partial charge in [0.25, 0.3) is 0 Å². The minimum Gasteiger partial charge on any atom is -0.493 e. The summed E-state index contributed by atoms with van der Waals surface area (Å²) in [4.78, 5) is 11.4. The first kappa shape index (κ1) is 22.8. The molecule has 34 heavy (non-hydrogen) atoms. The molecular formula is C26H32FN5O2. The van der Waals surface area contributed by atoms with Crippen molar-refractivity contribution in [2.45, 2.75) is 32.2 Å². The first-order chi connectivity index (χ1) is 16.6. The maximum absolute atomic E-state index is 13.7. The topological polar surface area (TPSA) is 71.5 Å². The van der Waals surface area contributed by atoms with Crippen LogP contribution in [0, 0.1) is 18.7 Å². The Morgan fingerprint density at radius 1 is 1.18 bits per heavy atom. The van der Waals surface area contributed by atoms with E-state index in [0.29, 0.717) is 35.5 Å². The summed E-state index contributed by atoms with van der Waals surface area (Å²) < 4.78 is 25.4. The number of anilines is 2. The summed E-state index contributed by atoms with van der Waals surface area (Å²) in [6.07, 6.45) is 5.07. The molecule has 2 fully saturated rings. The molecule has 2 atom stereocenters. The normalized spacial score (nSPS) is 20.3. The van der Waals surface area contributed by atoms with Crippen LogP contribution in [0.1, 0.15) is 24.8 Å². The van der Waals surface area contributed by atoms with Crippen LogP contribution in [0.4, 0.5) is 15.9 Å². The van der Waals surface area contributed by atoms with Crippen molar-refractivity contribution in [3.8, 4) is 11.5 Å². The monoisotopic (exact) mass is 465 g/mol. The van der Waals surface area contributed by atoms with Gasteiger partial charge in [0.05, 0.1) is 19.2 Å². The molecule has 5 rings (SSSR count). The van der Waals surface area contributed by atoms with Crippen LogP contribution in [0.2, 0.25) is 0 Å². The number of hydrogen-bond donors (Lipinski definition) is 2. The van der Waals surface area contributed by atoms with E-state index in [1.807, 2.05) is 12.1 Å². The molecule has 1 aromatic heterocycles. The van der Waals surface area contributed by atoms with Crippen LogP contribution in [-0.4, -0.2) is 60.8 Å². The van der Waals surface area contributed by atoms with Crippen molar-refractivity contribution in [2.24, 2.45) is 5.92 Å². The van der Waals surface area contributed by atoms with Gasteiger partial charge in [0.2, 0.25) is 0 Å². The van der Waals surface area contributed by atoms with Gasteiger partial charge in [-0.15, -0.1) is 0 Å². The van der Waals surface area contributed by atoms with Gasteiger partial charge in [0, 0.05) is 36.3 Å². The van der Waals surface area contributed by atoms with E-state index in [0.717, 1.165) is 48.6 Å². The SMILES string of the molecule is COc1cc2ncnc(Nc3ccc(F)c(C)c3)c2cc1OCCCN1CCC2CCNCC21. The second-order valence-electron chi connectivity index (χ2n) is 9.18. The molecular weight excluding hydrogens is 433 g/mol. The van der Waals surface area contributed by atoms with Gasteiger partial charge in [-0.2, -0.15) is 0 Å². The van der Waals surface area contributed by atoms with Gasteiger partial charge in [-0.05, 0) is 75.0 Å². The average Bonchev–Trinajstić information content (AvgIpc) is 3.27. The molecule has 2 aliphatic rings. The molecule has 0 amide bonds. The number of aryl methyl sites for hydroxylation is 1. The molecule has 7 nitrogen and oxygen atoms in total. The highest BCUT2D eigenvalue weighted by atomic mass is 19.1. The largest absolute Gasteiger partial charge is 0.493 e. The number of likely N-dealkylation sites (tertiary alicyclic amines) is 1. The minimum atomic E-state index is -0.234. The van der Waals surface area contributed by atoms with Gasteiger partial charge in [-0.1, -0.05) is 0 Å². The fourth-order valence-electron chi connectivity index (χ4n) is 5.18. The van der Waals surface area contributed by atoms with Gasteiger partial charge in [0.15, 0.2) is 11.5 Å². The van der Waals surface area contributed by atoms with Crippen molar-refractivity contribution in [3.05, 3.63) is 48.0 Å². The van der Waals surface area contributed by atoms with E-state index in [1.54, 1.807) is 26.2 Å². The highest BCUT2D eigenvalue weighted by Gasteiger charge is 2.35. The van der Waals surface area contributed by atoms with Gasteiger partial charge in [-0.3, -0.25) is 4.90 Å². The van der Waals surface area contributed by atoms with E-state index in [-0.39, 0.29) is 5.82 Å². The Hall–Kier alpha value is -2.97. The van der Waals surface area contributed by atoms with Crippen molar-refractivity contribution in [1.82, 2.24) is 20.2 Å². The molecule has 180 valence electrons. The molecule has 3 aromatic rings. The van der Waals surface area contributed by atoms with Gasteiger partial charge in [-0.25, -0.2) is 14.4 Å². The number of piperidine rings is 1. The number of nitrogens with zero attached hydrogens (tertiary/aromatic N) is 3. The Labute approximate surface area is 199 Å². The summed E-state index contributed by atoms with van der Waals surface area (Å²) >= 11 is 0. The molecule has 0 aliphatic carbocycles. The summed E-state index contributed by atoms with van der Waals surface area (Å²) in [5.74, 6) is 2.56. The van der Waals surface area contributed by atoms with Crippen LogP contribution in [0.3, 0.4) is 0 Å². The Morgan fingerprint density at radius 2 is 2.09 bits per heavy atom. The van der Waals surface area contributed by atoms with Crippen LogP contribution in [0.15, 0.2) is 36.7 Å². The van der Waals surface area contributed by atoms with Crippen molar-refractivity contribution in [2.75, 3.05) is 45.2 Å². The Bertz CT molecular complexity index is 1160. The standard InChI is InChI=1S/C26H32FN5O2/c1-17-12-19(4-5-21(17)27)31-26-20-13-25(24(33-2)14-22(20)29-16-30-26)34-11-3-9-32-10-7-18-6-8-28-15-23(18)32/h4-5,12-14,16,18,23,28H,3,6-11,15H2,1-2H3,(H,29,30,31). The summed E-state index contributed by atoms with van der Waals surface area (Å²) in [7, 11) is 1.64. The van der Waals surface area contributed by atoms with Crippen LogP contribution in [0.5, 0.6) is 11.5 Å². The predicted molar refractivity (Wildman–Crippen MR) is 132 cm³/mol. The first-order valence-corrected chi connectivity index (χ1v) is 12.1. The molecule has 0 radical (unpaired) electrons. The number of aromatic nitrogens is 2. The maximum Gasteiger partial charge on any atom is 0.162 e. The van der Waals surface area contributed by atoms with Crippen LogP contribution in [0.25, 0.3) is 10.9 Å². The molecule has 0 bridgehead atoms. The number of benzene rings is 2.